The van der Waals surface area contributed by atoms with Gasteiger partial charge in [0.2, 0.25) is 0 Å². The Bertz CT molecular complexity index is 857. The third kappa shape index (κ3) is 3.51. The molecule has 0 bridgehead atoms. The van der Waals surface area contributed by atoms with Crippen LogP contribution in [0.15, 0.2) is 36.8 Å². The number of aromatic nitrogens is 4. The molecule has 3 aromatic heterocycles. The Balaban J connectivity index is 1.67. The van der Waals surface area contributed by atoms with Crippen molar-refractivity contribution in [3.63, 3.8) is 0 Å². The molecule has 0 aromatic carbocycles. The lowest BCUT2D eigenvalue weighted by molar-refractivity contribution is 0.392. The summed E-state index contributed by atoms with van der Waals surface area (Å²) in [6.07, 6.45) is 7.57. The van der Waals surface area contributed by atoms with Crippen LogP contribution in [0.5, 0.6) is 0 Å². The van der Waals surface area contributed by atoms with Crippen LogP contribution in [0, 0.1) is 5.92 Å². The van der Waals surface area contributed by atoms with Crippen LogP contribution in [0.25, 0.3) is 22.3 Å². The maximum atomic E-state index is 5.68. The molecule has 0 spiro atoms. The monoisotopic (exact) mass is 335 g/mol. The lowest BCUT2D eigenvalue weighted by Crippen LogP contribution is -2.33. The normalized spacial score (nSPS) is 17.5. The van der Waals surface area contributed by atoms with Gasteiger partial charge in [-0.05, 0) is 50.0 Å². The number of nitrogens with two attached hydrogens (primary N) is 1. The van der Waals surface area contributed by atoms with Crippen LogP contribution >= 0.6 is 0 Å². The average molecular weight is 335 g/mol. The zero-order chi connectivity index (χ0) is 17.1. The molecule has 128 valence electrons. The summed E-state index contributed by atoms with van der Waals surface area (Å²) in [5.41, 5.74) is 9.00. The number of nitrogens with one attached hydrogen (secondary N) is 2. The Labute approximate surface area is 146 Å². The number of anilines is 2. The first kappa shape index (κ1) is 15.7. The molecule has 0 saturated carbocycles. The molecule has 0 radical (unpaired) electrons. The largest absolute Gasteiger partial charge is 0.384 e. The minimum Gasteiger partial charge on any atom is -0.384 e. The Morgan fingerprint density at radius 2 is 2.12 bits per heavy atom. The standard InChI is InChI=1S/C18H21N7/c19-16-4-3-13(11-23-16)14-8-15-17(22-7-6-21-15)18(25-14)24-10-12-2-1-5-20-9-12/h3-4,6-8,11-12,20H,1-2,5,9-10H2,(H2,19,23)(H,24,25). The van der Waals surface area contributed by atoms with Crippen LogP contribution in [-0.4, -0.2) is 39.6 Å². The minimum atomic E-state index is 0.493. The predicted octanol–water partition coefficient (Wildman–Crippen LogP) is 2.08. The molecule has 0 amide bonds. The zero-order valence-corrected chi connectivity index (χ0v) is 13.9. The topological polar surface area (TPSA) is 102 Å². The minimum absolute atomic E-state index is 0.493. The van der Waals surface area contributed by atoms with E-state index in [0.717, 1.165) is 47.7 Å². The van der Waals surface area contributed by atoms with Gasteiger partial charge in [0.25, 0.3) is 0 Å². The summed E-state index contributed by atoms with van der Waals surface area (Å²) in [4.78, 5) is 17.8. The van der Waals surface area contributed by atoms with Crippen molar-refractivity contribution in [1.82, 2.24) is 25.3 Å². The van der Waals surface area contributed by atoms with Crippen LogP contribution in [-0.2, 0) is 0 Å². The van der Waals surface area contributed by atoms with Gasteiger partial charge in [-0.3, -0.25) is 4.98 Å². The van der Waals surface area contributed by atoms with Gasteiger partial charge in [0.15, 0.2) is 5.82 Å². The summed E-state index contributed by atoms with van der Waals surface area (Å²) in [5, 5.41) is 6.92. The van der Waals surface area contributed by atoms with Gasteiger partial charge in [0.1, 0.15) is 11.3 Å². The quantitative estimate of drug-likeness (QED) is 0.671. The number of piperidine rings is 1. The smallest absolute Gasteiger partial charge is 0.154 e. The summed E-state index contributed by atoms with van der Waals surface area (Å²) in [6.45, 7) is 3.02. The van der Waals surface area contributed by atoms with Crippen molar-refractivity contribution >= 4 is 22.7 Å². The molecule has 1 aliphatic heterocycles. The SMILES string of the molecule is Nc1ccc(-c2cc3nccnc3c(NCC3CCCNC3)n2)cn1. The summed E-state index contributed by atoms with van der Waals surface area (Å²) >= 11 is 0. The highest BCUT2D eigenvalue weighted by molar-refractivity contribution is 5.88. The van der Waals surface area contributed by atoms with Crippen LogP contribution in [0.4, 0.5) is 11.6 Å². The van der Waals surface area contributed by atoms with E-state index < -0.39 is 0 Å². The first-order valence-electron chi connectivity index (χ1n) is 8.58. The van der Waals surface area contributed by atoms with E-state index in [9.17, 15) is 0 Å². The molecule has 1 saturated heterocycles. The molecule has 1 atom stereocenters. The number of hydrogen-bond acceptors (Lipinski definition) is 7. The molecule has 25 heavy (non-hydrogen) atoms. The Hall–Kier alpha value is -2.80. The molecule has 3 aromatic rings. The number of rotatable bonds is 4. The second-order valence-corrected chi connectivity index (χ2v) is 6.35. The fourth-order valence-corrected chi connectivity index (χ4v) is 3.14. The van der Waals surface area contributed by atoms with Crippen molar-refractivity contribution in [3.8, 4) is 11.3 Å². The number of nitrogen functional groups attached to an aromatic ring is 1. The Morgan fingerprint density at radius 3 is 2.92 bits per heavy atom. The molecular formula is C18H21N7. The molecule has 1 aliphatic rings. The van der Waals surface area contributed by atoms with Crippen molar-refractivity contribution < 1.29 is 0 Å². The van der Waals surface area contributed by atoms with Gasteiger partial charge in [-0.2, -0.15) is 0 Å². The van der Waals surface area contributed by atoms with Crippen LogP contribution < -0.4 is 16.4 Å². The fraction of sp³-hybridized carbons (Fsp3) is 0.333. The Kier molecular flexibility index (Phi) is 4.39. The van der Waals surface area contributed by atoms with Gasteiger partial charge in [-0.15, -0.1) is 0 Å². The summed E-state index contributed by atoms with van der Waals surface area (Å²) in [5.74, 6) is 1.86. The maximum Gasteiger partial charge on any atom is 0.154 e. The molecule has 1 fully saturated rings. The molecular weight excluding hydrogens is 314 g/mol. The van der Waals surface area contributed by atoms with Crippen LogP contribution in [0.3, 0.4) is 0 Å². The van der Waals surface area contributed by atoms with E-state index in [0.29, 0.717) is 11.7 Å². The molecule has 4 heterocycles. The number of nitrogens with zero attached hydrogens (tertiary/aromatic N) is 4. The number of hydrogen-bond donors (Lipinski definition) is 3. The summed E-state index contributed by atoms with van der Waals surface area (Å²) in [6, 6.07) is 5.63. The highest BCUT2D eigenvalue weighted by atomic mass is 15.0. The van der Waals surface area contributed by atoms with Gasteiger partial charge in [-0.25, -0.2) is 15.0 Å². The maximum absolute atomic E-state index is 5.68. The van der Waals surface area contributed by atoms with Gasteiger partial charge in [0.05, 0.1) is 11.2 Å². The molecule has 4 rings (SSSR count). The van der Waals surface area contributed by atoms with Gasteiger partial charge in [-0.1, -0.05) is 0 Å². The van der Waals surface area contributed by atoms with Crippen molar-refractivity contribution in [3.05, 3.63) is 36.8 Å². The average Bonchev–Trinajstić information content (AvgIpc) is 2.67. The van der Waals surface area contributed by atoms with Crippen molar-refractivity contribution in [2.45, 2.75) is 12.8 Å². The van der Waals surface area contributed by atoms with Crippen molar-refractivity contribution in [2.24, 2.45) is 5.92 Å². The van der Waals surface area contributed by atoms with E-state index in [1.54, 1.807) is 24.7 Å². The molecule has 0 aliphatic carbocycles. The van der Waals surface area contributed by atoms with Crippen molar-refractivity contribution in [2.75, 3.05) is 30.7 Å². The van der Waals surface area contributed by atoms with E-state index in [-0.39, 0.29) is 0 Å². The third-order valence-corrected chi connectivity index (χ3v) is 4.50. The second kappa shape index (κ2) is 6.98. The molecule has 4 N–H and O–H groups in total. The van der Waals surface area contributed by atoms with Gasteiger partial charge >= 0.3 is 0 Å². The fourth-order valence-electron chi connectivity index (χ4n) is 3.14. The van der Waals surface area contributed by atoms with E-state index in [1.165, 1.54) is 12.8 Å². The van der Waals surface area contributed by atoms with Crippen LogP contribution in [0.1, 0.15) is 12.8 Å². The zero-order valence-electron chi connectivity index (χ0n) is 13.9. The number of fused-ring (bicyclic) bond motifs is 1. The lowest BCUT2D eigenvalue weighted by atomic mass is 10.00. The van der Waals surface area contributed by atoms with Gasteiger partial charge < -0.3 is 16.4 Å². The highest BCUT2D eigenvalue weighted by Gasteiger charge is 2.15. The first-order chi connectivity index (χ1) is 12.3. The lowest BCUT2D eigenvalue weighted by Gasteiger charge is -2.23. The first-order valence-corrected chi connectivity index (χ1v) is 8.58. The summed E-state index contributed by atoms with van der Waals surface area (Å²) < 4.78 is 0. The van der Waals surface area contributed by atoms with E-state index in [1.807, 2.05) is 12.1 Å². The van der Waals surface area contributed by atoms with E-state index in [2.05, 4.69) is 25.6 Å². The molecule has 1 unspecified atom stereocenters. The van der Waals surface area contributed by atoms with Crippen LogP contribution in [0.2, 0.25) is 0 Å². The molecule has 7 nitrogen and oxygen atoms in total. The van der Waals surface area contributed by atoms with E-state index >= 15 is 0 Å². The third-order valence-electron chi connectivity index (χ3n) is 4.50. The number of pyridine rings is 2. The van der Waals surface area contributed by atoms with Gasteiger partial charge in [0, 0.05) is 30.7 Å². The highest BCUT2D eigenvalue weighted by Crippen LogP contribution is 2.25. The second-order valence-electron chi connectivity index (χ2n) is 6.35. The predicted molar refractivity (Wildman–Crippen MR) is 99.1 cm³/mol. The summed E-state index contributed by atoms with van der Waals surface area (Å²) in [7, 11) is 0. The van der Waals surface area contributed by atoms with Crippen molar-refractivity contribution in [1.29, 1.82) is 0 Å². The van der Waals surface area contributed by atoms with E-state index in [4.69, 9.17) is 10.7 Å². The molecule has 7 heteroatoms. The Morgan fingerprint density at radius 1 is 1.20 bits per heavy atom.